The quantitative estimate of drug-likeness (QED) is 0.623. The van der Waals surface area contributed by atoms with Gasteiger partial charge in [-0.25, -0.2) is 4.79 Å². The van der Waals surface area contributed by atoms with Gasteiger partial charge in [0.25, 0.3) is 0 Å². The van der Waals surface area contributed by atoms with E-state index in [1.165, 1.54) is 4.90 Å². The number of hydrogen-bond acceptors (Lipinski definition) is 6. The number of carbonyl (C=O) groups is 3. The number of aliphatic hydroxyl groups excluding tert-OH is 1. The monoisotopic (exact) mass is 442 g/mol. The van der Waals surface area contributed by atoms with Crippen LogP contribution in [0.4, 0.5) is 16.3 Å². The standard InChI is InChI=1S/C22H30N6O4/c1-14-12-15(8-11-29)6-9-27(14)13-19(31)23-17-5-3-4-16-20(17)26(2)25-21(16)28-10-7-18(30)24-22(28)32/h3-5,14-15,29H,6-13H2,1-2H3,(H,23,31)(H,24,30,32)/t14?,15-/m1/s1. The average molecular weight is 443 g/mol. The maximum atomic E-state index is 12.9. The molecule has 172 valence electrons. The van der Waals surface area contributed by atoms with Crippen molar-refractivity contribution in [1.82, 2.24) is 20.0 Å². The van der Waals surface area contributed by atoms with Crippen LogP contribution < -0.4 is 15.5 Å². The van der Waals surface area contributed by atoms with E-state index in [0.717, 1.165) is 36.7 Å². The van der Waals surface area contributed by atoms with Crippen molar-refractivity contribution in [3.8, 4) is 0 Å². The number of piperidine rings is 1. The number of urea groups is 1. The molecule has 2 atom stereocenters. The van der Waals surface area contributed by atoms with Crippen molar-refractivity contribution in [1.29, 1.82) is 0 Å². The van der Waals surface area contributed by atoms with E-state index in [-0.39, 0.29) is 37.4 Å². The molecule has 1 aromatic carbocycles. The highest BCUT2D eigenvalue weighted by molar-refractivity contribution is 6.11. The van der Waals surface area contributed by atoms with Gasteiger partial charge in [-0.2, -0.15) is 5.10 Å². The molecule has 2 aliphatic heterocycles. The lowest BCUT2D eigenvalue weighted by molar-refractivity contribution is -0.120. The molecule has 1 aromatic heterocycles. The number of fused-ring (bicyclic) bond motifs is 1. The van der Waals surface area contributed by atoms with E-state index in [4.69, 9.17) is 0 Å². The van der Waals surface area contributed by atoms with Crippen LogP contribution in [0.25, 0.3) is 10.9 Å². The Morgan fingerprint density at radius 1 is 1.31 bits per heavy atom. The molecule has 0 bridgehead atoms. The molecule has 1 unspecified atom stereocenters. The van der Waals surface area contributed by atoms with Gasteiger partial charge < -0.3 is 10.4 Å². The van der Waals surface area contributed by atoms with Crippen molar-refractivity contribution in [2.45, 2.75) is 38.6 Å². The minimum Gasteiger partial charge on any atom is -0.396 e. The minimum atomic E-state index is -0.491. The Bertz CT molecular complexity index is 1030. The highest BCUT2D eigenvalue weighted by Gasteiger charge is 2.29. The van der Waals surface area contributed by atoms with Gasteiger partial charge in [0.1, 0.15) is 0 Å². The van der Waals surface area contributed by atoms with Crippen LogP contribution >= 0.6 is 0 Å². The van der Waals surface area contributed by atoms with E-state index in [0.29, 0.717) is 24.0 Å². The number of carbonyl (C=O) groups excluding carboxylic acids is 3. The molecule has 0 saturated carbocycles. The number of imide groups is 1. The van der Waals surface area contributed by atoms with Crippen molar-refractivity contribution in [2.75, 3.05) is 36.5 Å². The van der Waals surface area contributed by atoms with Crippen molar-refractivity contribution >= 4 is 40.3 Å². The van der Waals surface area contributed by atoms with Gasteiger partial charge in [-0.15, -0.1) is 0 Å². The lowest BCUT2D eigenvalue weighted by atomic mass is 9.89. The minimum absolute atomic E-state index is 0.103. The molecule has 2 aromatic rings. The van der Waals surface area contributed by atoms with E-state index in [1.807, 2.05) is 18.2 Å². The molecule has 0 spiro atoms. The summed E-state index contributed by atoms with van der Waals surface area (Å²) in [5.74, 6) is 0.574. The fourth-order valence-electron chi connectivity index (χ4n) is 4.76. The van der Waals surface area contributed by atoms with Crippen LogP contribution in [0.1, 0.15) is 32.6 Å². The number of hydrogen-bond donors (Lipinski definition) is 3. The van der Waals surface area contributed by atoms with Crippen molar-refractivity contribution in [2.24, 2.45) is 13.0 Å². The fraction of sp³-hybridized carbons (Fsp3) is 0.545. The number of para-hydroxylation sites is 1. The van der Waals surface area contributed by atoms with E-state index in [9.17, 15) is 19.5 Å². The Hall–Kier alpha value is -2.98. The molecular formula is C22H30N6O4. The third-order valence-corrected chi connectivity index (χ3v) is 6.44. The van der Waals surface area contributed by atoms with Gasteiger partial charge in [-0.05, 0) is 50.8 Å². The Balaban J connectivity index is 1.49. The summed E-state index contributed by atoms with van der Waals surface area (Å²) < 4.78 is 1.65. The molecule has 2 saturated heterocycles. The summed E-state index contributed by atoms with van der Waals surface area (Å²) in [4.78, 5) is 40.3. The first-order valence-electron chi connectivity index (χ1n) is 11.1. The van der Waals surface area contributed by atoms with Gasteiger partial charge in [0, 0.05) is 38.0 Å². The number of nitrogens with one attached hydrogen (secondary N) is 2. The number of anilines is 2. The molecule has 4 rings (SSSR count). The molecule has 32 heavy (non-hydrogen) atoms. The Morgan fingerprint density at radius 3 is 2.84 bits per heavy atom. The third kappa shape index (κ3) is 4.46. The van der Waals surface area contributed by atoms with Crippen LogP contribution in [0.15, 0.2) is 18.2 Å². The summed E-state index contributed by atoms with van der Waals surface area (Å²) in [5.41, 5.74) is 1.35. The van der Waals surface area contributed by atoms with Gasteiger partial charge in [-0.3, -0.25) is 29.4 Å². The Morgan fingerprint density at radius 2 is 2.12 bits per heavy atom. The lowest BCUT2D eigenvalue weighted by Gasteiger charge is -2.37. The van der Waals surface area contributed by atoms with Crippen LogP contribution in [0, 0.1) is 5.92 Å². The number of nitrogens with zero attached hydrogens (tertiary/aromatic N) is 4. The predicted octanol–water partition coefficient (Wildman–Crippen LogP) is 1.44. The van der Waals surface area contributed by atoms with E-state index >= 15 is 0 Å². The topological polar surface area (TPSA) is 120 Å². The molecule has 2 aliphatic rings. The molecule has 10 heteroatoms. The summed E-state index contributed by atoms with van der Waals surface area (Å²) in [6.07, 6.45) is 3.00. The van der Waals surface area contributed by atoms with E-state index in [2.05, 4.69) is 27.6 Å². The average Bonchev–Trinajstić information content (AvgIpc) is 3.08. The van der Waals surface area contributed by atoms with Crippen LogP contribution in [0.3, 0.4) is 0 Å². The van der Waals surface area contributed by atoms with Gasteiger partial charge in [-0.1, -0.05) is 6.07 Å². The molecule has 0 aliphatic carbocycles. The maximum Gasteiger partial charge on any atom is 0.329 e. The predicted molar refractivity (Wildman–Crippen MR) is 120 cm³/mol. The highest BCUT2D eigenvalue weighted by Crippen LogP contribution is 2.32. The summed E-state index contributed by atoms with van der Waals surface area (Å²) in [6.45, 7) is 3.73. The second kappa shape index (κ2) is 9.25. The molecule has 4 amide bonds. The summed E-state index contributed by atoms with van der Waals surface area (Å²) >= 11 is 0. The second-order valence-electron chi connectivity index (χ2n) is 8.67. The maximum absolute atomic E-state index is 12.9. The van der Waals surface area contributed by atoms with E-state index < -0.39 is 6.03 Å². The number of benzene rings is 1. The van der Waals surface area contributed by atoms with Crippen LogP contribution in [-0.4, -0.2) is 69.9 Å². The molecule has 3 N–H and O–H groups in total. The molecule has 3 heterocycles. The van der Waals surface area contributed by atoms with Crippen LogP contribution in [0.5, 0.6) is 0 Å². The summed E-state index contributed by atoms with van der Waals surface area (Å²) in [5, 5.41) is 19.7. The number of aliphatic hydroxyl groups is 1. The molecule has 10 nitrogen and oxygen atoms in total. The number of aromatic nitrogens is 2. The van der Waals surface area contributed by atoms with Gasteiger partial charge in [0.15, 0.2) is 5.82 Å². The summed E-state index contributed by atoms with van der Waals surface area (Å²) in [7, 11) is 1.77. The van der Waals surface area contributed by atoms with Crippen molar-refractivity contribution in [3.63, 3.8) is 0 Å². The first-order chi connectivity index (χ1) is 15.4. The zero-order valence-electron chi connectivity index (χ0n) is 18.5. The van der Waals surface area contributed by atoms with E-state index in [1.54, 1.807) is 11.7 Å². The molecule has 2 fully saturated rings. The smallest absolute Gasteiger partial charge is 0.329 e. The number of likely N-dealkylation sites (tertiary alicyclic amines) is 1. The number of aryl methyl sites for hydroxylation is 1. The zero-order valence-corrected chi connectivity index (χ0v) is 18.5. The lowest BCUT2D eigenvalue weighted by Crippen LogP contribution is -2.49. The largest absolute Gasteiger partial charge is 0.396 e. The van der Waals surface area contributed by atoms with Crippen molar-refractivity contribution < 1.29 is 19.5 Å². The third-order valence-electron chi connectivity index (χ3n) is 6.44. The zero-order chi connectivity index (χ0) is 22.8. The Labute approximate surface area is 186 Å². The first kappa shape index (κ1) is 22.2. The molecular weight excluding hydrogens is 412 g/mol. The highest BCUT2D eigenvalue weighted by atomic mass is 16.3. The number of amides is 4. The molecule has 0 radical (unpaired) electrons. The van der Waals surface area contributed by atoms with Gasteiger partial charge in [0.2, 0.25) is 11.8 Å². The Kier molecular flexibility index (Phi) is 6.43. The van der Waals surface area contributed by atoms with Gasteiger partial charge >= 0.3 is 6.03 Å². The fourth-order valence-corrected chi connectivity index (χ4v) is 4.76. The summed E-state index contributed by atoms with van der Waals surface area (Å²) in [6, 6.07) is 5.28. The van der Waals surface area contributed by atoms with Crippen LogP contribution in [-0.2, 0) is 16.6 Å². The normalized spacial score (nSPS) is 22.3. The van der Waals surface area contributed by atoms with Gasteiger partial charge in [0.05, 0.1) is 17.7 Å². The van der Waals surface area contributed by atoms with Crippen LogP contribution in [0.2, 0.25) is 0 Å². The SMILES string of the molecule is CC1C[C@@H](CCO)CCN1CC(=O)Nc1cccc2c(N3CCC(=O)NC3=O)nn(C)c12. The number of rotatable bonds is 6. The first-order valence-corrected chi connectivity index (χ1v) is 11.1. The van der Waals surface area contributed by atoms with Crippen molar-refractivity contribution in [3.05, 3.63) is 18.2 Å². The second-order valence-corrected chi connectivity index (χ2v) is 8.67.